The van der Waals surface area contributed by atoms with Crippen LogP contribution in [-0.4, -0.2) is 62.5 Å². The van der Waals surface area contributed by atoms with E-state index >= 15 is 4.39 Å². The number of hydrogen-bond donors (Lipinski definition) is 2. The lowest BCUT2D eigenvalue weighted by Gasteiger charge is -2.26. The molecule has 10 nitrogen and oxygen atoms in total. The summed E-state index contributed by atoms with van der Waals surface area (Å²) in [4.78, 5) is 10.1. The Balaban J connectivity index is 1.76. The Bertz CT molecular complexity index is 1380. The maximum atomic E-state index is 15.2. The fraction of sp³-hybridized carbons (Fsp3) is 0.360. The molecule has 0 atom stereocenters. The molecule has 0 unspecified atom stereocenters. The van der Waals surface area contributed by atoms with Crippen LogP contribution in [0.25, 0.3) is 11.1 Å². The Morgan fingerprint density at radius 2 is 1.84 bits per heavy atom. The van der Waals surface area contributed by atoms with Gasteiger partial charge in [-0.25, -0.2) is 9.37 Å². The Kier molecular flexibility index (Phi) is 8.10. The first-order chi connectivity index (χ1) is 17.6. The molecule has 2 aromatic carbocycles. The largest absolute Gasteiger partial charge is 0.493 e. The van der Waals surface area contributed by atoms with Crippen molar-refractivity contribution in [2.45, 2.75) is 19.9 Å². The summed E-state index contributed by atoms with van der Waals surface area (Å²) >= 11 is 0. The molecule has 0 amide bonds. The molecule has 3 aromatic rings. The predicted molar refractivity (Wildman–Crippen MR) is 138 cm³/mol. The van der Waals surface area contributed by atoms with Crippen LogP contribution in [0.4, 0.5) is 16.2 Å². The van der Waals surface area contributed by atoms with E-state index in [9.17, 15) is 8.42 Å². The van der Waals surface area contributed by atoms with Crippen LogP contribution in [-0.2, 0) is 27.8 Å². The molecule has 0 radical (unpaired) electrons. The summed E-state index contributed by atoms with van der Waals surface area (Å²) in [6, 6.07) is 8.10. The molecule has 1 aliphatic rings. The molecule has 198 valence electrons. The first kappa shape index (κ1) is 26.6. The lowest BCUT2D eigenvalue weighted by Crippen LogP contribution is -2.35. The zero-order valence-electron chi connectivity index (χ0n) is 20.7. The highest BCUT2D eigenvalue weighted by atomic mass is 32.2. The number of nitrogens with zero attached hydrogens (tertiary/aromatic N) is 3. The van der Waals surface area contributed by atoms with Gasteiger partial charge in [0.25, 0.3) is 0 Å². The van der Waals surface area contributed by atoms with Crippen LogP contribution in [0.5, 0.6) is 11.5 Å². The third-order valence-corrected chi connectivity index (χ3v) is 6.30. The van der Waals surface area contributed by atoms with Crippen LogP contribution in [0, 0.1) is 5.82 Å². The molecule has 1 aromatic heterocycles. The van der Waals surface area contributed by atoms with Crippen LogP contribution < -0.4 is 20.4 Å². The fourth-order valence-corrected chi connectivity index (χ4v) is 4.61. The minimum Gasteiger partial charge on any atom is -0.493 e. The van der Waals surface area contributed by atoms with Gasteiger partial charge in [-0.05, 0) is 36.2 Å². The second kappa shape index (κ2) is 11.3. The first-order valence-corrected chi connectivity index (χ1v) is 13.6. The normalized spacial score (nSPS) is 14.5. The average molecular weight is 532 g/mol. The van der Waals surface area contributed by atoms with Crippen LogP contribution in [0.1, 0.15) is 23.6 Å². The third kappa shape index (κ3) is 6.85. The number of aromatic nitrogens is 2. The predicted octanol–water partition coefficient (Wildman–Crippen LogP) is 2.61. The Hall–Kier alpha value is -3.48. The Morgan fingerprint density at radius 3 is 2.49 bits per heavy atom. The first-order valence-electron chi connectivity index (χ1n) is 11.8. The number of ether oxygens (including phenoxy) is 2. The van der Waals surface area contributed by atoms with Gasteiger partial charge in [-0.1, -0.05) is 12.1 Å². The maximum absolute atomic E-state index is 15.2. The van der Waals surface area contributed by atoms with Crippen molar-refractivity contribution in [1.82, 2.24) is 14.9 Å². The second-order valence-corrected chi connectivity index (χ2v) is 10.3. The van der Waals surface area contributed by atoms with Crippen molar-refractivity contribution in [2.24, 2.45) is 0 Å². The molecule has 1 saturated heterocycles. The molecule has 2 heterocycles. The van der Waals surface area contributed by atoms with Gasteiger partial charge in [0.2, 0.25) is 5.95 Å². The molecular formula is C25H30FN5O5S. The number of nitrogen functional groups attached to an aromatic ring is 2. The van der Waals surface area contributed by atoms with Crippen molar-refractivity contribution < 1.29 is 26.5 Å². The summed E-state index contributed by atoms with van der Waals surface area (Å²) < 4.78 is 56.1. The van der Waals surface area contributed by atoms with Gasteiger partial charge in [-0.2, -0.15) is 13.4 Å². The molecule has 1 fully saturated rings. The van der Waals surface area contributed by atoms with E-state index in [0.717, 1.165) is 19.3 Å². The molecule has 37 heavy (non-hydrogen) atoms. The fourth-order valence-electron chi connectivity index (χ4n) is 4.15. The maximum Gasteiger partial charge on any atom is 0.306 e. The summed E-state index contributed by atoms with van der Waals surface area (Å²) in [5.74, 6) is 0.199. The Morgan fingerprint density at radius 1 is 1.11 bits per heavy atom. The highest BCUT2D eigenvalue weighted by Crippen LogP contribution is 2.41. The highest BCUT2D eigenvalue weighted by Gasteiger charge is 2.21. The van der Waals surface area contributed by atoms with Gasteiger partial charge in [0, 0.05) is 43.4 Å². The van der Waals surface area contributed by atoms with Crippen molar-refractivity contribution in [2.75, 3.05) is 50.6 Å². The molecule has 0 bridgehead atoms. The number of nitrogens with two attached hydrogens (primary N) is 2. The molecule has 1 aliphatic heterocycles. The molecule has 12 heteroatoms. The SMILES string of the molecule is CCOc1cc(Cc2cnc(N)nc2N)cc(OS(C)(=O)=O)c1-c1ccc(CN2CCOCC2)c(F)c1. The third-order valence-electron chi connectivity index (χ3n) is 5.82. The summed E-state index contributed by atoms with van der Waals surface area (Å²) in [6.07, 6.45) is 2.71. The second-order valence-electron chi connectivity index (χ2n) is 8.70. The lowest BCUT2D eigenvalue weighted by atomic mass is 9.97. The van der Waals surface area contributed by atoms with Crippen molar-refractivity contribution in [3.05, 3.63) is 59.0 Å². The van der Waals surface area contributed by atoms with E-state index in [1.807, 2.05) is 0 Å². The standard InChI is InChI=1S/C25H30FN5O5S/c1-3-35-21-11-16(10-19-14-29-25(28)30-24(19)27)12-22(36-37(2,32)33)23(21)17-4-5-18(20(26)13-17)15-31-6-8-34-9-7-31/h4-5,11-14H,3,6-10,15H2,1-2H3,(H4,27,28,29,30). The highest BCUT2D eigenvalue weighted by molar-refractivity contribution is 7.86. The molecule has 0 spiro atoms. The minimum absolute atomic E-state index is 0.0127. The smallest absolute Gasteiger partial charge is 0.306 e. The minimum atomic E-state index is -3.91. The topological polar surface area (TPSA) is 143 Å². The van der Waals surface area contributed by atoms with Gasteiger partial charge in [-0.15, -0.1) is 0 Å². The van der Waals surface area contributed by atoms with Gasteiger partial charge in [0.15, 0.2) is 5.75 Å². The van der Waals surface area contributed by atoms with E-state index in [-0.39, 0.29) is 23.9 Å². The van der Waals surface area contributed by atoms with Gasteiger partial charge in [0.1, 0.15) is 17.4 Å². The zero-order chi connectivity index (χ0) is 26.6. The van der Waals surface area contributed by atoms with Gasteiger partial charge in [-0.3, -0.25) is 4.90 Å². The number of anilines is 2. The van der Waals surface area contributed by atoms with Crippen molar-refractivity contribution in [1.29, 1.82) is 0 Å². The van der Waals surface area contributed by atoms with E-state index in [1.165, 1.54) is 12.3 Å². The van der Waals surface area contributed by atoms with Crippen molar-refractivity contribution >= 4 is 21.9 Å². The molecule has 0 saturated carbocycles. The number of hydrogen-bond acceptors (Lipinski definition) is 10. The molecule has 4 N–H and O–H groups in total. The zero-order valence-corrected chi connectivity index (χ0v) is 21.6. The van der Waals surface area contributed by atoms with E-state index in [1.54, 1.807) is 31.2 Å². The average Bonchev–Trinajstić information content (AvgIpc) is 2.82. The van der Waals surface area contributed by atoms with Gasteiger partial charge < -0.3 is 25.1 Å². The summed E-state index contributed by atoms with van der Waals surface area (Å²) in [5, 5.41) is 0. The van der Waals surface area contributed by atoms with E-state index in [2.05, 4.69) is 14.9 Å². The van der Waals surface area contributed by atoms with E-state index in [0.29, 0.717) is 59.9 Å². The summed E-state index contributed by atoms with van der Waals surface area (Å²) in [5.41, 5.74) is 14.1. The molecule has 4 rings (SSSR count). The van der Waals surface area contributed by atoms with Crippen LogP contribution in [0.15, 0.2) is 36.5 Å². The van der Waals surface area contributed by atoms with E-state index < -0.39 is 15.9 Å². The van der Waals surface area contributed by atoms with Crippen molar-refractivity contribution in [3.8, 4) is 22.6 Å². The summed E-state index contributed by atoms with van der Waals surface area (Å²) in [6.45, 7) is 5.23. The molecular weight excluding hydrogens is 501 g/mol. The summed E-state index contributed by atoms with van der Waals surface area (Å²) in [7, 11) is -3.91. The molecule has 0 aliphatic carbocycles. The number of benzene rings is 2. The Labute approximate surface area is 215 Å². The quantitative estimate of drug-likeness (QED) is 0.396. The van der Waals surface area contributed by atoms with Crippen LogP contribution >= 0.6 is 0 Å². The number of halogens is 1. The number of rotatable bonds is 9. The van der Waals surface area contributed by atoms with Gasteiger partial charge >= 0.3 is 10.1 Å². The number of morpholine rings is 1. The monoisotopic (exact) mass is 531 g/mol. The van der Waals surface area contributed by atoms with Crippen LogP contribution in [0.2, 0.25) is 0 Å². The van der Waals surface area contributed by atoms with Crippen LogP contribution in [0.3, 0.4) is 0 Å². The van der Waals surface area contributed by atoms with E-state index in [4.69, 9.17) is 25.1 Å². The lowest BCUT2D eigenvalue weighted by molar-refractivity contribution is 0.0337. The van der Waals surface area contributed by atoms with Gasteiger partial charge in [0.05, 0.1) is 31.6 Å². The van der Waals surface area contributed by atoms with Crippen molar-refractivity contribution in [3.63, 3.8) is 0 Å².